The Labute approximate surface area is 142 Å². The maximum atomic E-state index is 11.7. The number of nitrogens with one attached hydrogen (secondary N) is 2. The number of hydrogen-bond acceptors (Lipinski definition) is 4. The van der Waals surface area contributed by atoms with Crippen molar-refractivity contribution < 1.29 is 8.42 Å². The van der Waals surface area contributed by atoms with Gasteiger partial charge in [0.2, 0.25) is 0 Å². The number of nitrogens with zero attached hydrogens (tertiary/aromatic N) is 2. The highest BCUT2D eigenvalue weighted by Gasteiger charge is 2.18. The summed E-state index contributed by atoms with van der Waals surface area (Å²) in [6.45, 7) is 11.3. The van der Waals surface area contributed by atoms with Gasteiger partial charge in [-0.3, -0.25) is 4.72 Å². The fourth-order valence-electron chi connectivity index (χ4n) is 2.41. The predicted molar refractivity (Wildman–Crippen MR) is 100 cm³/mol. The van der Waals surface area contributed by atoms with E-state index in [1.54, 1.807) is 24.3 Å². The fourth-order valence-corrected chi connectivity index (χ4v) is 2.95. The van der Waals surface area contributed by atoms with E-state index in [-0.39, 0.29) is 6.04 Å². The van der Waals surface area contributed by atoms with Gasteiger partial charge >= 0.3 is 0 Å². The number of sulfonamides is 1. The Kier molecular flexibility index (Phi) is 5.14. The molecule has 0 aliphatic rings. The quantitative estimate of drug-likeness (QED) is 0.801. The van der Waals surface area contributed by atoms with Gasteiger partial charge in [0.05, 0.1) is 0 Å². The lowest BCUT2D eigenvalue weighted by Gasteiger charge is -2.10. The van der Waals surface area contributed by atoms with Crippen LogP contribution < -0.4 is 10.0 Å². The third kappa shape index (κ3) is 3.51. The Morgan fingerprint density at radius 1 is 1.29 bits per heavy atom. The number of aromatic nitrogens is 2. The van der Waals surface area contributed by atoms with Crippen LogP contribution >= 0.6 is 0 Å². The first-order valence-electron chi connectivity index (χ1n) is 7.51. The molecule has 0 aliphatic carbocycles. The molecule has 0 bridgehead atoms. The van der Waals surface area contributed by atoms with Crippen molar-refractivity contribution >= 4 is 27.6 Å². The van der Waals surface area contributed by atoms with Crippen LogP contribution in [0, 0.1) is 0 Å². The van der Waals surface area contributed by atoms with Gasteiger partial charge in [-0.1, -0.05) is 31.4 Å². The van der Waals surface area contributed by atoms with Gasteiger partial charge in [-0.2, -0.15) is 5.10 Å². The van der Waals surface area contributed by atoms with Crippen molar-refractivity contribution in [2.75, 3.05) is 17.1 Å². The number of rotatable bonds is 7. The van der Waals surface area contributed by atoms with Crippen molar-refractivity contribution in [2.24, 2.45) is 0 Å². The molecule has 0 amide bonds. The van der Waals surface area contributed by atoms with Crippen LogP contribution in [-0.4, -0.2) is 25.2 Å². The van der Waals surface area contributed by atoms with Crippen molar-refractivity contribution in [3.8, 4) is 11.3 Å². The smallest absolute Gasteiger partial charge is 0.254 e. The van der Waals surface area contributed by atoms with Gasteiger partial charge in [0.15, 0.2) is 0 Å². The zero-order valence-corrected chi connectivity index (χ0v) is 14.9. The molecule has 0 unspecified atom stereocenters. The second kappa shape index (κ2) is 6.92. The third-order valence-electron chi connectivity index (χ3n) is 3.49. The summed E-state index contributed by atoms with van der Waals surface area (Å²) in [6, 6.07) is 7.24. The van der Waals surface area contributed by atoms with E-state index >= 15 is 0 Å². The molecule has 128 valence electrons. The molecule has 0 saturated carbocycles. The molecule has 1 aromatic heterocycles. The Balaban J connectivity index is 2.56. The number of hydrogen-bond donors (Lipinski definition) is 2. The van der Waals surface area contributed by atoms with Gasteiger partial charge in [0, 0.05) is 35.3 Å². The summed E-state index contributed by atoms with van der Waals surface area (Å²) in [5.74, 6) is 0.868. The molecule has 0 atom stereocenters. The third-order valence-corrected chi connectivity index (χ3v) is 4.45. The predicted octanol–water partition coefficient (Wildman–Crippen LogP) is 3.70. The van der Waals surface area contributed by atoms with Gasteiger partial charge in [0.25, 0.3) is 10.0 Å². The minimum absolute atomic E-state index is 0.169. The van der Waals surface area contributed by atoms with Crippen LogP contribution in [0.25, 0.3) is 17.3 Å². The molecule has 0 spiro atoms. The highest BCUT2D eigenvalue weighted by Crippen LogP contribution is 2.32. The summed E-state index contributed by atoms with van der Waals surface area (Å²) in [5.41, 5.74) is 2.86. The normalized spacial score (nSPS) is 11.3. The fraction of sp³-hybridized carbons (Fsp3) is 0.235. The van der Waals surface area contributed by atoms with E-state index in [2.05, 4.69) is 28.3 Å². The summed E-state index contributed by atoms with van der Waals surface area (Å²) in [7, 11) is -1.72. The molecule has 6 nitrogen and oxygen atoms in total. The lowest BCUT2D eigenvalue weighted by atomic mass is 10.1. The monoisotopic (exact) mass is 346 g/mol. The Morgan fingerprint density at radius 2 is 2.00 bits per heavy atom. The summed E-state index contributed by atoms with van der Waals surface area (Å²) >= 11 is 0. The minimum atomic E-state index is -3.55. The van der Waals surface area contributed by atoms with Crippen LogP contribution in [0.2, 0.25) is 0 Å². The maximum absolute atomic E-state index is 11.7. The first-order valence-corrected chi connectivity index (χ1v) is 9.06. The van der Waals surface area contributed by atoms with Gasteiger partial charge in [-0.15, -0.1) is 0 Å². The van der Waals surface area contributed by atoms with Crippen molar-refractivity contribution in [3.05, 3.63) is 48.4 Å². The molecule has 1 heterocycles. The van der Waals surface area contributed by atoms with Crippen LogP contribution in [0.1, 0.15) is 25.5 Å². The average molecular weight is 346 g/mol. The number of anilines is 2. The summed E-state index contributed by atoms with van der Waals surface area (Å²) in [6.07, 6.45) is 1.74. The Morgan fingerprint density at radius 3 is 2.54 bits per heavy atom. The van der Waals surface area contributed by atoms with Gasteiger partial charge in [0.1, 0.15) is 11.5 Å². The van der Waals surface area contributed by atoms with Gasteiger partial charge < -0.3 is 5.32 Å². The SMILES string of the molecule is C=Cc1c(-c2cccc(NS(=O)(=O)C=C)c2)nn(C(C)C)c1NC. The van der Waals surface area contributed by atoms with E-state index in [1.807, 2.05) is 31.6 Å². The number of benzene rings is 1. The molecule has 2 rings (SSSR count). The second-order valence-electron chi connectivity index (χ2n) is 5.50. The van der Waals surface area contributed by atoms with E-state index < -0.39 is 10.0 Å². The molecular formula is C17H22N4O2S. The molecule has 1 aromatic carbocycles. The van der Waals surface area contributed by atoms with Crippen LogP contribution in [0.5, 0.6) is 0 Å². The van der Waals surface area contributed by atoms with Crippen LogP contribution in [0.4, 0.5) is 11.5 Å². The second-order valence-corrected chi connectivity index (χ2v) is 7.13. The Hall–Kier alpha value is -2.54. The molecule has 0 aliphatic heterocycles. The first kappa shape index (κ1) is 17.8. The van der Waals surface area contributed by atoms with E-state index in [9.17, 15) is 8.42 Å². The molecule has 0 fully saturated rings. The van der Waals surface area contributed by atoms with Crippen molar-refractivity contribution in [3.63, 3.8) is 0 Å². The molecule has 2 aromatic rings. The molecule has 7 heteroatoms. The lowest BCUT2D eigenvalue weighted by Crippen LogP contribution is -2.08. The molecule has 0 radical (unpaired) electrons. The van der Waals surface area contributed by atoms with Crippen LogP contribution in [0.15, 0.2) is 42.8 Å². The molecule has 2 N–H and O–H groups in total. The first-order chi connectivity index (χ1) is 11.3. The van der Waals surface area contributed by atoms with Gasteiger partial charge in [-0.25, -0.2) is 13.1 Å². The van der Waals surface area contributed by atoms with Crippen molar-refractivity contribution in [1.82, 2.24) is 9.78 Å². The van der Waals surface area contributed by atoms with Crippen molar-refractivity contribution in [2.45, 2.75) is 19.9 Å². The summed E-state index contributed by atoms with van der Waals surface area (Å²) in [4.78, 5) is 0. The molecule has 24 heavy (non-hydrogen) atoms. The average Bonchev–Trinajstić information content (AvgIpc) is 2.93. The van der Waals surface area contributed by atoms with Crippen LogP contribution in [-0.2, 0) is 10.0 Å². The van der Waals surface area contributed by atoms with Crippen LogP contribution in [0.3, 0.4) is 0 Å². The highest BCUT2D eigenvalue weighted by molar-refractivity contribution is 7.95. The highest BCUT2D eigenvalue weighted by atomic mass is 32.2. The van der Waals surface area contributed by atoms with E-state index in [4.69, 9.17) is 0 Å². The van der Waals surface area contributed by atoms with E-state index in [1.165, 1.54) is 0 Å². The summed E-state index contributed by atoms with van der Waals surface area (Å²) < 4.78 is 27.7. The minimum Gasteiger partial charge on any atom is -0.373 e. The zero-order valence-electron chi connectivity index (χ0n) is 14.1. The standard InChI is InChI=1S/C17H22N4O2S/c1-6-15-16(19-21(12(3)4)17(15)18-5)13-9-8-10-14(11-13)20-24(22,23)7-2/h6-12,18,20H,1-2H2,3-5H3. The molecular weight excluding hydrogens is 324 g/mol. The molecule has 0 saturated heterocycles. The topological polar surface area (TPSA) is 76.0 Å². The largest absolute Gasteiger partial charge is 0.373 e. The Bertz CT molecular complexity index is 867. The van der Waals surface area contributed by atoms with Crippen molar-refractivity contribution in [1.29, 1.82) is 0 Å². The summed E-state index contributed by atoms with van der Waals surface area (Å²) in [5, 5.41) is 8.69. The van der Waals surface area contributed by atoms with Gasteiger partial charge in [-0.05, 0) is 26.0 Å². The zero-order chi connectivity index (χ0) is 17.9. The van der Waals surface area contributed by atoms with E-state index in [0.29, 0.717) is 5.69 Å². The lowest BCUT2D eigenvalue weighted by molar-refractivity contribution is 0.540. The maximum Gasteiger partial charge on any atom is 0.254 e. The van der Waals surface area contributed by atoms with E-state index in [0.717, 1.165) is 28.0 Å².